The molecule has 0 radical (unpaired) electrons. The highest BCUT2D eigenvalue weighted by molar-refractivity contribution is 7.22. The van der Waals surface area contributed by atoms with Gasteiger partial charge in [-0.2, -0.15) is 0 Å². The van der Waals surface area contributed by atoms with E-state index in [2.05, 4.69) is 15.5 Å². The van der Waals surface area contributed by atoms with Crippen LogP contribution in [0.2, 0.25) is 5.02 Å². The maximum absolute atomic E-state index is 11.7. The number of benzene rings is 1. The number of nitrogens with zero attached hydrogens (tertiary/aromatic N) is 2. The number of anilines is 1. The molecule has 2 aromatic heterocycles. The second-order valence-corrected chi connectivity index (χ2v) is 7.32. The molecule has 0 bridgehead atoms. The lowest BCUT2D eigenvalue weighted by atomic mass is 10.1. The Morgan fingerprint density at radius 2 is 2.12 bits per heavy atom. The summed E-state index contributed by atoms with van der Waals surface area (Å²) in [6.45, 7) is 1.36. The second-order valence-electron chi connectivity index (χ2n) is 5.83. The Kier molecular flexibility index (Phi) is 4.29. The van der Waals surface area contributed by atoms with Crippen LogP contribution in [0.15, 0.2) is 30.3 Å². The van der Waals surface area contributed by atoms with Gasteiger partial charge in [0.25, 0.3) is 5.91 Å². The van der Waals surface area contributed by atoms with Crippen LogP contribution in [0, 0.1) is 0 Å². The molecule has 1 amide bonds. The number of halogens is 1. The average molecular weight is 375 g/mol. The molecule has 1 unspecified atom stereocenters. The van der Waals surface area contributed by atoms with Crippen molar-refractivity contribution in [1.82, 2.24) is 10.2 Å². The van der Waals surface area contributed by atoms with Gasteiger partial charge in [-0.05, 0) is 30.2 Å². The fourth-order valence-corrected chi connectivity index (χ4v) is 4.09. The molecule has 4 rings (SSSR count). The van der Waals surface area contributed by atoms with Crippen LogP contribution in [0.4, 0.5) is 5.82 Å². The predicted molar refractivity (Wildman–Crippen MR) is 99.2 cm³/mol. The van der Waals surface area contributed by atoms with Crippen LogP contribution in [-0.4, -0.2) is 35.4 Å². The number of primary amides is 1. The number of rotatable bonds is 4. The van der Waals surface area contributed by atoms with Crippen LogP contribution in [-0.2, 0) is 4.74 Å². The summed E-state index contributed by atoms with van der Waals surface area (Å²) in [5, 5.41) is 13.1. The van der Waals surface area contributed by atoms with Gasteiger partial charge in [-0.1, -0.05) is 23.7 Å². The maximum Gasteiger partial charge on any atom is 0.270 e. The molecule has 25 heavy (non-hydrogen) atoms. The van der Waals surface area contributed by atoms with E-state index < -0.39 is 5.91 Å². The lowest BCUT2D eigenvalue weighted by molar-refractivity contribution is 0.0996. The highest BCUT2D eigenvalue weighted by Crippen LogP contribution is 2.38. The number of nitrogens with two attached hydrogens (primary N) is 1. The van der Waals surface area contributed by atoms with E-state index in [1.807, 2.05) is 30.3 Å². The third-order valence-electron chi connectivity index (χ3n) is 4.08. The van der Waals surface area contributed by atoms with Gasteiger partial charge in [-0.25, -0.2) is 0 Å². The zero-order valence-electron chi connectivity index (χ0n) is 13.2. The molecule has 3 aromatic rings. The number of amides is 1. The van der Waals surface area contributed by atoms with Crippen molar-refractivity contribution in [2.75, 3.05) is 18.5 Å². The van der Waals surface area contributed by atoms with Gasteiger partial charge >= 0.3 is 0 Å². The lowest BCUT2D eigenvalue weighted by Crippen LogP contribution is -2.21. The third kappa shape index (κ3) is 3.18. The topological polar surface area (TPSA) is 90.1 Å². The molecule has 3 N–H and O–H groups in total. The zero-order valence-corrected chi connectivity index (χ0v) is 14.7. The van der Waals surface area contributed by atoms with Crippen molar-refractivity contribution in [3.63, 3.8) is 0 Å². The Morgan fingerprint density at radius 3 is 2.80 bits per heavy atom. The third-order valence-corrected chi connectivity index (χ3v) is 5.53. The molecule has 8 heteroatoms. The van der Waals surface area contributed by atoms with E-state index in [4.69, 9.17) is 22.1 Å². The first-order chi connectivity index (χ1) is 12.1. The Balaban J connectivity index is 1.82. The number of aromatic nitrogens is 2. The largest absolute Gasteiger partial charge is 0.379 e. The standard InChI is InChI=1S/C17H15ClN4O2S/c18-10-3-1-9(2-4-10)13-7-12-15(25-13)14(16(19)23)21-22-17(12)20-11-5-6-24-8-11/h1-4,7,11H,5-6,8H2,(H2,19,23)(H,20,22). The predicted octanol–water partition coefficient (Wildman–Crippen LogP) is 3.31. The van der Waals surface area contributed by atoms with E-state index in [-0.39, 0.29) is 11.7 Å². The fourth-order valence-electron chi connectivity index (χ4n) is 2.81. The van der Waals surface area contributed by atoms with Crippen molar-refractivity contribution in [2.24, 2.45) is 5.73 Å². The van der Waals surface area contributed by atoms with Gasteiger partial charge in [-0.15, -0.1) is 21.5 Å². The first kappa shape index (κ1) is 16.3. The van der Waals surface area contributed by atoms with Crippen molar-refractivity contribution < 1.29 is 9.53 Å². The Bertz CT molecular complexity index is 936. The average Bonchev–Trinajstić information content (AvgIpc) is 3.25. The zero-order chi connectivity index (χ0) is 17.4. The molecule has 1 fully saturated rings. The van der Waals surface area contributed by atoms with Crippen LogP contribution in [0.3, 0.4) is 0 Å². The Morgan fingerprint density at radius 1 is 1.32 bits per heavy atom. The van der Waals surface area contributed by atoms with E-state index in [0.717, 1.165) is 33.6 Å². The number of fused-ring (bicyclic) bond motifs is 1. The number of hydrogen-bond acceptors (Lipinski definition) is 6. The molecule has 128 valence electrons. The van der Waals surface area contributed by atoms with E-state index in [1.165, 1.54) is 11.3 Å². The number of nitrogens with one attached hydrogen (secondary N) is 1. The van der Waals surface area contributed by atoms with Crippen LogP contribution in [0.5, 0.6) is 0 Å². The van der Waals surface area contributed by atoms with Gasteiger partial charge in [0.2, 0.25) is 0 Å². The summed E-state index contributed by atoms with van der Waals surface area (Å²) in [5.74, 6) is 0.0599. The molecule has 1 aliphatic heterocycles. The summed E-state index contributed by atoms with van der Waals surface area (Å²) < 4.78 is 6.12. The normalized spacial score (nSPS) is 17.1. The smallest absolute Gasteiger partial charge is 0.270 e. The van der Waals surface area contributed by atoms with Crippen LogP contribution in [0.1, 0.15) is 16.9 Å². The maximum atomic E-state index is 11.7. The summed E-state index contributed by atoms with van der Waals surface area (Å²) in [7, 11) is 0. The minimum atomic E-state index is -0.585. The van der Waals surface area contributed by atoms with Gasteiger partial charge in [-0.3, -0.25) is 4.79 Å². The molecule has 1 aliphatic rings. The van der Waals surface area contributed by atoms with Gasteiger partial charge in [0, 0.05) is 21.9 Å². The quantitative estimate of drug-likeness (QED) is 0.731. The van der Waals surface area contributed by atoms with Gasteiger partial charge in [0.1, 0.15) is 0 Å². The van der Waals surface area contributed by atoms with Crippen molar-refractivity contribution in [3.8, 4) is 10.4 Å². The molecule has 1 atom stereocenters. The first-order valence-electron chi connectivity index (χ1n) is 7.82. The van der Waals surface area contributed by atoms with E-state index in [9.17, 15) is 4.79 Å². The lowest BCUT2D eigenvalue weighted by Gasteiger charge is -2.11. The molecule has 1 aromatic carbocycles. The SMILES string of the molecule is NC(=O)c1nnc(NC2CCOC2)c2cc(-c3ccc(Cl)cc3)sc12. The van der Waals surface area contributed by atoms with Crippen LogP contribution >= 0.6 is 22.9 Å². The first-order valence-corrected chi connectivity index (χ1v) is 9.01. The fraction of sp³-hybridized carbons (Fsp3) is 0.235. The minimum Gasteiger partial charge on any atom is -0.379 e. The van der Waals surface area contributed by atoms with Crippen molar-refractivity contribution in [3.05, 3.63) is 41.0 Å². The number of carbonyl (C=O) groups is 1. The van der Waals surface area contributed by atoms with Gasteiger partial charge in [0.05, 0.1) is 17.3 Å². The monoisotopic (exact) mass is 374 g/mol. The Labute approximate surface area is 153 Å². The Hall–Kier alpha value is -2.22. The molecular formula is C17H15ClN4O2S. The summed E-state index contributed by atoms with van der Waals surface area (Å²) in [4.78, 5) is 12.7. The molecule has 6 nitrogen and oxygen atoms in total. The highest BCUT2D eigenvalue weighted by Gasteiger charge is 2.21. The molecule has 0 spiro atoms. The molecule has 1 saturated heterocycles. The summed E-state index contributed by atoms with van der Waals surface area (Å²) in [5.41, 5.74) is 6.67. The van der Waals surface area contributed by atoms with Gasteiger partial charge < -0.3 is 15.8 Å². The minimum absolute atomic E-state index is 0.188. The van der Waals surface area contributed by atoms with E-state index in [1.54, 1.807) is 0 Å². The van der Waals surface area contributed by atoms with Crippen LogP contribution in [0.25, 0.3) is 20.5 Å². The molecular weight excluding hydrogens is 360 g/mol. The highest BCUT2D eigenvalue weighted by atomic mass is 35.5. The van der Waals surface area contributed by atoms with E-state index >= 15 is 0 Å². The molecule has 0 saturated carbocycles. The molecule has 3 heterocycles. The number of hydrogen-bond donors (Lipinski definition) is 2. The van der Waals surface area contributed by atoms with Crippen molar-refractivity contribution >= 4 is 44.7 Å². The van der Waals surface area contributed by atoms with Gasteiger partial charge in [0.15, 0.2) is 11.5 Å². The summed E-state index contributed by atoms with van der Waals surface area (Å²) >= 11 is 7.43. The number of carbonyl (C=O) groups excluding carboxylic acids is 1. The number of thiophene rings is 1. The molecule has 0 aliphatic carbocycles. The van der Waals surface area contributed by atoms with Crippen molar-refractivity contribution in [2.45, 2.75) is 12.5 Å². The number of ether oxygens (including phenoxy) is 1. The second kappa shape index (κ2) is 6.59. The van der Waals surface area contributed by atoms with E-state index in [0.29, 0.717) is 17.4 Å². The van der Waals surface area contributed by atoms with Crippen molar-refractivity contribution in [1.29, 1.82) is 0 Å². The summed E-state index contributed by atoms with van der Waals surface area (Å²) in [6, 6.07) is 9.74. The van der Waals surface area contributed by atoms with Crippen LogP contribution < -0.4 is 11.1 Å². The summed E-state index contributed by atoms with van der Waals surface area (Å²) in [6.07, 6.45) is 0.912.